The van der Waals surface area contributed by atoms with Crippen LogP contribution in [0.2, 0.25) is 0 Å². The molecule has 1 N–H and O–H groups in total. The predicted octanol–water partition coefficient (Wildman–Crippen LogP) is 4.29. The van der Waals surface area contributed by atoms with Gasteiger partial charge in [-0.1, -0.05) is 56.2 Å². The van der Waals surface area contributed by atoms with E-state index in [-0.39, 0.29) is 15.9 Å². The molecule has 1 heterocycles. The molecule has 0 saturated carbocycles. The number of amides is 1. The summed E-state index contributed by atoms with van der Waals surface area (Å²) in [5.41, 5.74) is 0.550. The van der Waals surface area contributed by atoms with Crippen LogP contribution in [0.3, 0.4) is 0 Å². The second kappa shape index (κ2) is 9.85. The molecule has 0 fully saturated rings. The lowest BCUT2D eigenvalue weighted by Crippen LogP contribution is -2.32. The second-order valence-electron chi connectivity index (χ2n) is 6.35. The fourth-order valence-electron chi connectivity index (χ4n) is 2.57. The fourth-order valence-corrected chi connectivity index (χ4v) is 4.76. The Bertz CT molecular complexity index is 840. The molecule has 8 heteroatoms. The van der Waals surface area contributed by atoms with Gasteiger partial charge in [-0.25, -0.2) is 13.4 Å². The van der Waals surface area contributed by atoms with Crippen LogP contribution in [0.15, 0.2) is 35.2 Å². The Morgan fingerprint density at radius 2 is 1.70 bits per heavy atom. The Morgan fingerprint density at radius 3 is 2.26 bits per heavy atom. The number of rotatable bonds is 10. The predicted molar refractivity (Wildman–Crippen MR) is 110 cm³/mol. The first-order valence-electron chi connectivity index (χ1n) is 9.23. The summed E-state index contributed by atoms with van der Waals surface area (Å²) in [6.07, 6.45) is 3.92. The first kappa shape index (κ1) is 21.4. The first-order chi connectivity index (χ1) is 12.9. The summed E-state index contributed by atoms with van der Waals surface area (Å²) in [4.78, 5) is 19.7. The van der Waals surface area contributed by atoms with Gasteiger partial charge >= 0.3 is 0 Å². The smallest absolute Gasteiger partial charge is 0.265 e. The van der Waals surface area contributed by atoms with Gasteiger partial charge in [0.05, 0.1) is 10.6 Å². The van der Waals surface area contributed by atoms with Crippen LogP contribution in [0, 0.1) is 6.92 Å². The van der Waals surface area contributed by atoms with Crippen LogP contribution < -0.4 is 4.72 Å². The van der Waals surface area contributed by atoms with Gasteiger partial charge in [0.2, 0.25) is 0 Å². The minimum atomic E-state index is -3.72. The summed E-state index contributed by atoms with van der Waals surface area (Å²) in [5.74, 6) is -0.0722. The molecular formula is C19H27N3O3S2. The van der Waals surface area contributed by atoms with E-state index in [0.29, 0.717) is 23.7 Å². The molecule has 6 nitrogen and oxygen atoms in total. The molecular weight excluding hydrogens is 382 g/mol. The molecule has 1 aromatic heterocycles. The summed E-state index contributed by atoms with van der Waals surface area (Å²) < 4.78 is 27.4. The largest absolute Gasteiger partial charge is 0.338 e. The van der Waals surface area contributed by atoms with Crippen LogP contribution in [0.4, 0.5) is 5.13 Å². The molecule has 0 aliphatic heterocycles. The lowest BCUT2D eigenvalue weighted by Gasteiger charge is -2.21. The van der Waals surface area contributed by atoms with E-state index < -0.39 is 10.0 Å². The van der Waals surface area contributed by atoms with Crippen molar-refractivity contribution >= 4 is 32.4 Å². The summed E-state index contributed by atoms with van der Waals surface area (Å²) in [6.45, 7) is 7.34. The third-order valence-corrected chi connectivity index (χ3v) is 6.66. The Labute approximate surface area is 165 Å². The molecule has 1 aromatic carbocycles. The van der Waals surface area contributed by atoms with Crippen LogP contribution in [-0.4, -0.2) is 37.3 Å². The van der Waals surface area contributed by atoms with E-state index >= 15 is 0 Å². The van der Waals surface area contributed by atoms with Crippen molar-refractivity contribution in [2.24, 2.45) is 0 Å². The lowest BCUT2D eigenvalue weighted by molar-refractivity contribution is 0.0755. The highest BCUT2D eigenvalue weighted by Crippen LogP contribution is 2.26. The Balaban J connectivity index is 2.20. The molecule has 0 spiro atoms. The van der Waals surface area contributed by atoms with Crippen LogP contribution >= 0.6 is 11.3 Å². The molecule has 148 valence electrons. The number of carbonyl (C=O) groups excluding carboxylic acids is 1. The number of unbranched alkanes of at least 4 members (excludes halogenated alkanes) is 2. The summed E-state index contributed by atoms with van der Waals surface area (Å²) in [5, 5.41) is 0.214. The zero-order valence-corrected chi connectivity index (χ0v) is 17.7. The van der Waals surface area contributed by atoms with Gasteiger partial charge in [0.15, 0.2) is 5.13 Å². The average molecular weight is 410 g/mol. The quantitative estimate of drug-likeness (QED) is 0.635. The molecule has 27 heavy (non-hydrogen) atoms. The van der Waals surface area contributed by atoms with E-state index in [4.69, 9.17) is 0 Å². The van der Waals surface area contributed by atoms with Gasteiger partial charge in [-0.05, 0) is 31.9 Å². The van der Waals surface area contributed by atoms with Crippen molar-refractivity contribution in [2.75, 3.05) is 17.8 Å². The van der Waals surface area contributed by atoms with E-state index in [0.717, 1.165) is 37.0 Å². The SMILES string of the molecule is CCCCN(CCCC)C(=O)c1sc(NS(=O)(=O)c2ccccc2)nc1C. The number of hydrogen-bond acceptors (Lipinski definition) is 5. The van der Waals surface area contributed by atoms with Crippen molar-refractivity contribution in [3.63, 3.8) is 0 Å². The third kappa shape index (κ3) is 5.77. The average Bonchev–Trinajstić information content (AvgIpc) is 3.01. The molecule has 1 amide bonds. The molecule has 0 atom stereocenters. The maximum atomic E-state index is 12.9. The number of benzene rings is 1. The van der Waals surface area contributed by atoms with Crippen LogP contribution in [0.25, 0.3) is 0 Å². The number of nitrogens with zero attached hydrogens (tertiary/aromatic N) is 2. The number of thiazole rings is 1. The highest BCUT2D eigenvalue weighted by molar-refractivity contribution is 7.93. The number of carbonyl (C=O) groups is 1. The zero-order chi connectivity index (χ0) is 19.9. The van der Waals surface area contributed by atoms with Crippen LogP contribution in [0.5, 0.6) is 0 Å². The van der Waals surface area contributed by atoms with Crippen LogP contribution in [-0.2, 0) is 10.0 Å². The summed E-state index contributed by atoms with van der Waals surface area (Å²) >= 11 is 1.09. The zero-order valence-electron chi connectivity index (χ0n) is 16.1. The Hall–Kier alpha value is -1.93. The van der Waals surface area contributed by atoms with Gasteiger partial charge in [-0.15, -0.1) is 0 Å². The highest BCUT2D eigenvalue weighted by Gasteiger charge is 2.23. The van der Waals surface area contributed by atoms with Crippen molar-refractivity contribution in [2.45, 2.75) is 51.3 Å². The molecule has 0 bridgehead atoms. The van der Waals surface area contributed by atoms with Gasteiger partial charge < -0.3 is 4.90 Å². The van der Waals surface area contributed by atoms with Gasteiger partial charge in [0.25, 0.3) is 15.9 Å². The van der Waals surface area contributed by atoms with Gasteiger partial charge in [0.1, 0.15) is 4.88 Å². The van der Waals surface area contributed by atoms with Gasteiger partial charge in [-0.3, -0.25) is 9.52 Å². The van der Waals surface area contributed by atoms with E-state index in [1.165, 1.54) is 12.1 Å². The summed E-state index contributed by atoms with van der Waals surface area (Å²) in [7, 11) is -3.72. The van der Waals surface area contributed by atoms with Crippen molar-refractivity contribution in [3.05, 3.63) is 40.9 Å². The number of sulfonamides is 1. The lowest BCUT2D eigenvalue weighted by atomic mass is 10.2. The standard InChI is InChI=1S/C19H27N3O3S2/c1-4-6-13-22(14-7-5-2)18(23)17-15(3)20-19(26-17)21-27(24,25)16-11-9-8-10-12-16/h8-12H,4-7,13-14H2,1-3H3,(H,20,21). The normalized spacial score (nSPS) is 11.4. The molecule has 2 rings (SSSR count). The van der Waals surface area contributed by atoms with Crippen molar-refractivity contribution in [3.8, 4) is 0 Å². The first-order valence-corrected chi connectivity index (χ1v) is 11.5. The molecule has 0 unspecified atom stereocenters. The number of aromatic nitrogens is 1. The summed E-state index contributed by atoms with van der Waals surface area (Å²) in [6, 6.07) is 8.12. The van der Waals surface area contributed by atoms with E-state index in [9.17, 15) is 13.2 Å². The minimum Gasteiger partial charge on any atom is -0.338 e. The monoisotopic (exact) mass is 409 g/mol. The van der Waals surface area contributed by atoms with Crippen LogP contribution in [0.1, 0.15) is 54.9 Å². The second-order valence-corrected chi connectivity index (χ2v) is 9.03. The van der Waals surface area contributed by atoms with E-state index in [2.05, 4.69) is 23.6 Å². The minimum absolute atomic E-state index is 0.0722. The Morgan fingerprint density at radius 1 is 1.11 bits per heavy atom. The number of nitrogens with one attached hydrogen (secondary N) is 1. The Kier molecular flexibility index (Phi) is 7.79. The fraction of sp³-hybridized carbons (Fsp3) is 0.474. The van der Waals surface area contributed by atoms with Crippen molar-refractivity contribution in [1.29, 1.82) is 0 Å². The van der Waals surface area contributed by atoms with Crippen molar-refractivity contribution < 1.29 is 13.2 Å². The number of anilines is 1. The molecule has 0 aliphatic rings. The number of aryl methyl sites for hydroxylation is 1. The third-order valence-electron chi connectivity index (χ3n) is 4.12. The number of hydrogen-bond donors (Lipinski definition) is 1. The molecule has 2 aromatic rings. The van der Waals surface area contributed by atoms with E-state index in [1.54, 1.807) is 25.1 Å². The molecule has 0 aliphatic carbocycles. The van der Waals surface area contributed by atoms with Gasteiger partial charge in [-0.2, -0.15) is 0 Å². The molecule has 0 radical (unpaired) electrons. The molecule has 0 saturated heterocycles. The highest BCUT2D eigenvalue weighted by atomic mass is 32.2. The maximum Gasteiger partial charge on any atom is 0.265 e. The van der Waals surface area contributed by atoms with Crippen molar-refractivity contribution in [1.82, 2.24) is 9.88 Å². The topological polar surface area (TPSA) is 79.4 Å². The van der Waals surface area contributed by atoms with E-state index in [1.807, 2.05) is 4.90 Å². The maximum absolute atomic E-state index is 12.9. The van der Waals surface area contributed by atoms with Gasteiger partial charge in [0, 0.05) is 13.1 Å².